The fraction of sp³-hybridized carbons (Fsp3) is 0.500. The van der Waals surface area contributed by atoms with Crippen LogP contribution in [-0.2, 0) is 13.2 Å². The summed E-state index contributed by atoms with van der Waals surface area (Å²) in [7, 11) is 0. The van der Waals surface area contributed by atoms with Crippen LogP contribution >= 0.6 is 0 Å². The van der Waals surface area contributed by atoms with E-state index in [1.165, 1.54) is 0 Å². The minimum Gasteiger partial charge on any atom is -0.390 e. The Morgan fingerprint density at radius 2 is 2.50 bits per heavy atom. The van der Waals surface area contributed by atoms with E-state index < -0.39 is 0 Å². The quantitative estimate of drug-likeness (QED) is 0.608. The summed E-state index contributed by atoms with van der Waals surface area (Å²) in [5.41, 5.74) is 6.09. The number of nitrogens with zero attached hydrogens (tertiary/aromatic N) is 2. The third kappa shape index (κ3) is 1.11. The van der Waals surface area contributed by atoms with Gasteiger partial charge in [-0.05, 0) is 6.92 Å². The van der Waals surface area contributed by atoms with Crippen molar-refractivity contribution in [3.63, 3.8) is 0 Å². The van der Waals surface area contributed by atoms with Crippen molar-refractivity contribution in [2.45, 2.75) is 20.1 Å². The smallest absolute Gasteiger partial charge is 0.200 e. The van der Waals surface area contributed by atoms with Gasteiger partial charge in [0, 0.05) is 12.7 Å². The molecule has 0 atom stereocenters. The standard InChI is InChI=1S/C6H11N3O/c1-2-9-3-5(4-10)8-6(9)7/h3,10H,2,4H2,1H3,(H2,7,8). The molecule has 0 aliphatic carbocycles. The predicted molar refractivity (Wildman–Crippen MR) is 38.2 cm³/mol. The largest absolute Gasteiger partial charge is 0.390 e. The summed E-state index contributed by atoms with van der Waals surface area (Å²) in [6.45, 7) is 2.72. The summed E-state index contributed by atoms with van der Waals surface area (Å²) < 4.78 is 1.78. The van der Waals surface area contributed by atoms with Gasteiger partial charge >= 0.3 is 0 Å². The fourth-order valence-electron chi connectivity index (χ4n) is 0.816. The van der Waals surface area contributed by atoms with Crippen molar-refractivity contribution < 1.29 is 5.11 Å². The van der Waals surface area contributed by atoms with E-state index in [0.717, 1.165) is 6.54 Å². The molecular weight excluding hydrogens is 130 g/mol. The number of hydrogen-bond acceptors (Lipinski definition) is 3. The highest BCUT2D eigenvalue weighted by atomic mass is 16.3. The lowest BCUT2D eigenvalue weighted by atomic mass is 10.5. The number of aliphatic hydroxyl groups is 1. The molecule has 56 valence electrons. The van der Waals surface area contributed by atoms with Gasteiger partial charge in [-0.25, -0.2) is 4.98 Å². The minimum atomic E-state index is -0.0444. The highest BCUT2D eigenvalue weighted by Gasteiger charge is 1.99. The van der Waals surface area contributed by atoms with Gasteiger partial charge in [-0.15, -0.1) is 0 Å². The number of aliphatic hydroxyl groups excluding tert-OH is 1. The maximum Gasteiger partial charge on any atom is 0.200 e. The first-order chi connectivity index (χ1) is 4.77. The molecular formula is C6H11N3O. The first-order valence-electron chi connectivity index (χ1n) is 3.20. The van der Waals surface area contributed by atoms with E-state index in [2.05, 4.69) is 4.98 Å². The van der Waals surface area contributed by atoms with E-state index in [1.807, 2.05) is 6.92 Å². The molecule has 1 aromatic heterocycles. The molecule has 4 heteroatoms. The lowest BCUT2D eigenvalue weighted by molar-refractivity contribution is 0.277. The second-order valence-corrected chi connectivity index (χ2v) is 2.03. The zero-order valence-electron chi connectivity index (χ0n) is 5.91. The Hall–Kier alpha value is -1.03. The molecule has 0 saturated carbocycles. The van der Waals surface area contributed by atoms with Crippen LogP contribution in [0.15, 0.2) is 6.20 Å². The van der Waals surface area contributed by atoms with Gasteiger partial charge in [0.1, 0.15) is 0 Å². The van der Waals surface area contributed by atoms with Gasteiger partial charge in [-0.3, -0.25) is 0 Å². The topological polar surface area (TPSA) is 64.1 Å². The van der Waals surface area contributed by atoms with Crippen molar-refractivity contribution in [2.24, 2.45) is 0 Å². The van der Waals surface area contributed by atoms with Crippen LogP contribution in [-0.4, -0.2) is 14.7 Å². The van der Waals surface area contributed by atoms with Crippen molar-refractivity contribution in [1.29, 1.82) is 0 Å². The average molecular weight is 141 g/mol. The van der Waals surface area contributed by atoms with E-state index in [-0.39, 0.29) is 6.61 Å². The highest BCUT2D eigenvalue weighted by molar-refractivity contribution is 5.21. The summed E-state index contributed by atoms with van der Waals surface area (Å²) in [5.74, 6) is 0.464. The van der Waals surface area contributed by atoms with Crippen molar-refractivity contribution >= 4 is 5.95 Å². The molecule has 3 N–H and O–H groups in total. The third-order valence-corrected chi connectivity index (χ3v) is 1.36. The number of aromatic nitrogens is 2. The summed E-state index contributed by atoms with van der Waals surface area (Å²) in [4.78, 5) is 3.89. The van der Waals surface area contributed by atoms with Crippen molar-refractivity contribution in [2.75, 3.05) is 5.73 Å². The normalized spacial score (nSPS) is 10.2. The van der Waals surface area contributed by atoms with Crippen LogP contribution in [0.1, 0.15) is 12.6 Å². The molecule has 1 rings (SSSR count). The van der Waals surface area contributed by atoms with Crippen LogP contribution in [0.5, 0.6) is 0 Å². The molecule has 0 aromatic carbocycles. The van der Waals surface area contributed by atoms with E-state index in [4.69, 9.17) is 10.8 Å². The number of nitrogens with two attached hydrogens (primary N) is 1. The second-order valence-electron chi connectivity index (χ2n) is 2.03. The van der Waals surface area contributed by atoms with Crippen LogP contribution in [0, 0.1) is 0 Å². The highest BCUT2D eigenvalue weighted by Crippen LogP contribution is 2.03. The van der Waals surface area contributed by atoms with Gasteiger partial charge < -0.3 is 15.4 Å². The molecule has 1 heterocycles. The molecule has 10 heavy (non-hydrogen) atoms. The van der Waals surface area contributed by atoms with E-state index in [9.17, 15) is 0 Å². The minimum absolute atomic E-state index is 0.0444. The number of hydrogen-bond donors (Lipinski definition) is 2. The van der Waals surface area contributed by atoms with Crippen LogP contribution in [0.25, 0.3) is 0 Å². The number of rotatable bonds is 2. The zero-order chi connectivity index (χ0) is 7.56. The molecule has 1 aromatic rings. The maximum atomic E-state index is 8.64. The molecule has 0 bridgehead atoms. The van der Waals surface area contributed by atoms with Crippen LogP contribution in [0.2, 0.25) is 0 Å². The van der Waals surface area contributed by atoms with Gasteiger partial charge in [0.2, 0.25) is 0 Å². The summed E-state index contributed by atoms with van der Waals surface area (Å²) in [6.07, 6.45) is 1.75. The summed E-state index contributed by atoms with van der Waals surface area (Å²) in [6, 6.07) is 0. The van der Waals surface area contributed by atoms with Gasteiger partial charge in [0.15, 0.2) is 5.95 Å². The van der Waals surface area contributed by atoms with Crippen LogP contribution in [0.3, 0.4) is 0 Å². The summed E-state index contributed by atoms with van der Waals surface area (Å²) >= 11 is 0. The molecule has 0 radical (unpaired) electrons. The molecule has 0 aliphatic rings. The molecule has 0 unspecified atom stereocenters. The number of nitrogen functional groups attached to an aromatic ring is 1. The lowest BCUT2D eigenvalue weighted by Crippen LogP contribution is -1.98. The molecule has 0 spiro atoms. The lowest BCUT2D eigenvalue weighted by Gasteiger charge is -1.95. The monoisotopic (exact) mass is 141 g/mol. The van der Waals surface area contributed by atoms with E-state index in [1.54, 1.807) is 10.8 Å². The molecule has 0 saturated heterocycles. The SMILES string of the molecule is CCn1cc(CO)nc1N. The Balaban J connectivity index is 2.92. The molecule has 0 fully saturated rings. The number of anilines is 1. The maximum absolute atomic E-state index is 8.64. The number of aryl methyl sites for hydroxylation is 1. The van der Waals surface area contributed by atoms with E-state index >= 15 is 0 Å². The molecule has 0 amide bonds. The third-order valence-electron chi connectivity index (χ3n) is 1.36. The van der Waals surface area contributed by atoms with Gasteiger partial charge in [-0.1, -0.05) is 0 Å². The Bertz CT molecular complexity index is 219. The van der Waals surface area contributed by atoms with Gasteiger partial charge in [0.05, 0.1) is 12.3 Å². The Morgan fingerprint density at radius 3 is 2.80 bits per heavy atom. The first-order valence-corrected chi connectivity index (χ1v) is 3.20. The fourth-order valence-corrected chi connectivity index (χ4v) is 0.816. The Morgan fingerprint density at radius 1 is 1.80 bits per heavy atom. The van der Waals surface area contributed by atoms with Crippen molar-refractivity contribution in [3.8, 4) is 0 Å². The Kier molecular flexibility index (Phi) is 1.91. The van der Waals surface area contributed by atoms with Crippen LogP contribution in [0.4, 0.5) is 5.95 Å². The van der Waals surface area contributed by atoms with Crippen molar-refractivity contribution in [1.82, 2.24) is 9.55 Å². The average Bonchev–Trinajstić information content (AvgIpc) is 2.30. The van der Waals surface area contributed by atoms with Gasteiger partial charge in [0.25, 0.3) is 0 Å². The van der Waals surface area contributed by atoms with Crippen molar-refractivity contribution in [3.05, 3.63) is 11.9 Å². The zero-order valence-corrected chi connectivity index (χ0v) is 5.91. The second kappa shape index (κ2) is 2.70. The predicted octanol–water partition coefficient (Wildman–Crippen LogP) is -0.0225. The Labute approximate surface area is 59.3 Å². The van der Waals surface area contributed by atoms with Gasteiger partial charge in [-0.2, -0.15) is 0 Å². The molecule has 4 nitrogen and oxygen atoms in total. The van der Waals surface area contributed by atoms with Crippen LogP contribution < -0.4 is 5.73 Å². The first kappa shape index (κ1) is 7.08. The van der Waals surface area contributed by atoms with E-state index in [0.29, 0.717) is 11.6 Å². The molecule has 0 aliphatic heterocycles. The number of imidazole rings is 1. The summed E-state index contributed by atoms with van der Waals surface area (Å²) in [5, 5.41) is 8.64.